The minimum atomic E-state index is -0.800. The fourth-order valence-corrected chi connectivity index (χ4v) is 1.44. The number of carboxylic acids is 1. The van der Waals surface area contributed by atoms with Crippen LogP contribution in [-0.4, -0.2) is 17.1 Å². The molecule has 0 aromatic carbocycles. The van der Waals surface area contributed by atoms with Gasteiger partial charge in [-0.25, -0.2) is 0 Å². The van der Waals surface area contributed by atoms with Gasteiger partial charge >= 0.3 is 5.97 Å². The molecule has 0 fully saturated rings. The first-order chi connectivity index (χ1) is 5.56. The van der Waals surface area contributed by atoms with E-state index in [0.717, 1.165) is 19.3 Å². The summed E-state index contributed by atoms with van der Waals surface area (Å²) < 4.78 is 0. The first kappa shape index (κ1) is 11.4. The van der Waals surface area contributed by atoms with Crippen LogP contribution in [0.3, 0.4) is 0 Å². The lowest BCUT2D eigenvalue weighted by Crippen LogP contribution is -2.25. The molecule has 2 atom stereocenters. The van der Waals surface area contributed by atoms with Crippen LogP contribution in [0.2, 0.25) is 0 Å². The van der Waals surface area contributed by atoms with Crippen LogP contribution in [-0.2, 0) is 4.79 Å². The topological polar surface area (TPSA) is 63.3 Å². The highest BCUT2D eigenvalue weighted by Gasteiger charge is 2.11. The summed E-state index contributed by atoms with van der Waals surface area (Å²) in [5.41, 5.74) is 5.62. The maximum Gasteiger partial charge on any atom is 0.304 e. The molecular formula is C9H19NO2. The van der Waals surface area contributed by atoms with Crippen molar-refractivity contribution in [3.8, 4) is 0 Å². The van der Waals surface area contributed by atoms with Gasteiger partial charge in [-0.3, -0.25) is 4.79 Å². The minimum Gasteiger partial charge on any atom is -0.481 e. The van der Waals surface area contributed by atoms with Crippen molar-refractivity contribution in [3.63, 3.8) is 0 Å². The molecule has 3 heteroatoms. The highest BCUT2D eigenvalue weighted by atomic mass is 16.4. The Morgan fingerprint density at radius 3 is 2.58 bits per heavy atom. The van der Waals surface area contributed by atoms with Gasteiger partial charge in [-0.2, -0.15) is 0 Å². The van der Waals surface area contributed by atoms with Crippen molar-refractivity contribution >= 4 is 5.97 Å². The van der Waals surface area contributed by atoms with Gasteiger partial charge in [0.05, 0.1) is 6.42 Å². The molecule has 0 aromatic heterocycles. The van der Waals surface area contributed by atoms with Gasteiger partial charge in [-0.15, -0.1) is 0 Å². The summed E-state index contributed by atoms with van der Waals surface area (Å²) in [5.74, 6) is -0.254. The van der Waals surface area contributed by atoms with Crippen molar-refractivity contribution < 1.29 is 9.90 Å². The zero-order valence-corrected chi connectivity index (χ0v) is 7.92. The van der Waals surface area contributed by atoms with E-state index in [1.807, 2.05) is 0 Å². The first-order valence-corrected chi connectivity index (χ1v) is 4.53. The quantitative estimate of drug-likeness (QED) is 0.641. The molecule has 0 saturated heterocycles. The number of hydrogen-bond donors (Lipinski definition) is 2. The van der Waals surface area contributed by atoms with E-state index < -0.39 is 5.97 Å². The molecular weight excluding hydrogens is 154 g/mol. The Bertz CT molecular complexity index is 136. The van der Waals surface area contributed by atoms with Crippen molar-refractivity contribution in [1.82, 2.24) is 0 Å². The number of hydrogen-bond acceptors (Lipinski definition) is 2. The molecule has 0 saturated carbocycles. The van der Waals surface area contributed by atoms with E-state index in [2.05, 4.69) is 13.8 Å². The van der Waals surface area contributed by atoms with Crippen molar-refractivity contribution in [1.29, 1.82) is 0 Å². The van der Waals surface area contributed by atoms with E-state index in [4.69, 9.17) is 10.8 Å². The minimum absolute atomic E-state index is 0.0913. The highest BCUT2D eigenvalue weighted by Crippen LogP contribution is 2.12. The molecule has 72 valence electrons. The third-order valence-corrected chi connectivity index (χ3v) is 1.92. The number of carboxylic acid groups (broad SMARTS) is 1. The summed E-state index contributed by atoms with van der Waals surface area (Å²) in [6.45, 7) is 4.24. The molecule has 0 aliphatic heterocycles. The fourth-order valence-electron chi connectivity index (χ4n) is 1.44. The molecule has 3 nitrogen and oxygen atoms in total. The molecule has 0 radical (unpaired) electrons. The smallest absolute Gasteiger partial charge is 0.304 e. The average molecular weight is 173 g/mol. The lowest BCUT2D eigenvalue weighted by Gasteiger charge is -2.14. The average Bonchev–Trinajstić information content (AvgIpc) is 1.84. The van der Waals surface area contributed by atoms with Crippen molar-refractivity contribution in [3.05, 3.63) is 0 Å². The second-order valence-corrected chi connectivity index (χ2v) is 3.49. The lowest BCUT2D eigenvalue weighted by atomic mass is 9.96. The third-order valence-electron chi connectivity index (χ3n) is 1.92. The molecule has 0 heterocycles. The number of aliphatic carboxylic acids is 1. The fraction of sp³-hybridized carbons (Fsp3) is 0.889. The van der Waals surface area contributed by atoms with Crippen molar-refractivity contribution in [2.24, 2.45) is 11.7 Å². The summed E-state index contributed by atoms with van der Waals surface area (Å²) in [6, 6.07) is -0.177. The number of carbonyl (C=O) groups is 1. The van der Waals surface area contributed by atoms with E-state index in [1.54, 1.807) is 0 Å². The zero-order chi connectivity index (χ0) is 9.56. The van der Waals surface area contributed by atoms with Crippen LogP contribution in [0.5, 0.6) is 0 Å². The Labute approximate surface area is 74.0 Å². The Kier molecular flexibility index (Phi) is 5.72. The number of nitrogens with two attached hydrogens (primary N) is 1. The number of rotatable bonds is 6. The summed E-state index contributed by atoms with van der Waals surface area (Å²) in [5, 5.41) is 8.45. The van der Waals surface area contributed by atoms with Crippen LogP contribution < -0.4 is 5.73 Å². The van der Waals surface area contributed by atoms with E-state index in [0.29, 0.717) is 5.92 Å². The normalized spacial score (nSPS) is 15.6. The Balaban J connectivity index is 3.53. The standard InChI is InChI=1S/C9H19NO2/c1-3-4-7(2)5-8(10)6-9(11)12/h7-8H,3-6,10H2,1-2H3,(H,11,12)/t7-,8+/m1/s1. The van der Waals surface area contributed by atoms with Crippen LogP contribution in [0, 0.1) is 5.92 Å². The Morgan fingerprint density at radius 1 is 1.58 bits per heavy atom. The van der Waals surface area contributed by atoms with Gasteiger partial charge in [-0.1, -0.05) is 26.7 Å². The summed E-state index contributed by atoms with van der Waals surface area (Å²) in [7, 11) is 0. The second kappa shape index (κ2) is 6.00. The maximum atomic E-state index is 10.3. The van der Waals surface area contributed by atoms with Crippen LogP contribution in [0.25, 0.3) is 0 Å². The van der Waals surface area contributed by atoms with Crippen molar-refractivity contribution in [2.45, 2.75) is 45.6 Å². The van der Waals surface area contributed by atoms with Gasteiger partial charge in [0.2, 0.25) is 0 Å². The van der Waals surface area contributed by atoms with Gasteiger partial charge in [0.15, 0.2) is 0 Å². The second-order valence-electron chi connectivity index (χ2n) is 3.49. The largest absolute Gasteiger partial charge is 0.481 e. The summed E-state index contributed by atoms with van der Waals surface area (Å²) >= 11 is 0. The van der Waals surface area contributed by atoms with Crippen molar-refractivity contribution in [2.75, 3.05) is 0 Å². The van der Waals surface area contributed by atoms with E-state index in [9.17, 15) is 4.79 Å². The van der Waals surface area contributed by atoms with E-state index in [-0.39, 0.29) is 12.5 Å². The first-order valence-electron chi connectivity index (χ1n) is 4.53. The molecule has 0 rings (SSSR count). The van der Waals surface area contributed by atoms with Gasteiger partial charge in [0, 0.05) is 6.04 Å². The predicted octanol–water partition coefficient (Wildman–Crippen LogP) is 1.61. The molecule has 0 spiro atoms. The van der Waals surface area contributed by atoms with Crippen LogP contribution in [0.1, 0.15) is 39.5 Å². The Hall–Kier alpha value is -0.570. The Morgan fingerprint density at radius 2 is 2.17 bits per heavy atom. The molecule has 0 aliphatic rings. The molecule has 0 amide bonds. The molecule has 0 aliphatic carbocycles. The van der Waals surface area contributed by atoms with E-state index in [1.165, 1.54) is 0 Å². The maximum absolute atomic E-state index is 10.3. The zero-order valence-electron chi connectivity index (χ0n) is 7.92. The summed E-state index contributed by atoms with van der Waals surface area (Å²) in [4.78, 5) is 10.3. The lowest BCUT2D eigenvalue weighted by molar-refractivity contribution is -0.137. The third kappa shape index (κ3) is 6.16. The van der Waals surface area contributed by atoms with Crippen LogP contribution >= 0.6 is 0 Å². The SMILES string of the molecule is CCC[C@@H](C)C[C@H](N)CC(=O)O. The molecule has 0 aromatic rings. The van der Waals surface area contributed by atoms with Crippen LogP contribution in [0.4, 0.5) is 0 Å². The van der Waals surface area contributed by atoms with E-state index >= 15 is 0 Å². The predicted molar refractivity (Wildman–Crippen MR) is 48.9 cm³/mol. The molecule has 12 heavy (non-hydrogen) atoms. The highest BCUT2D eigenvalue weighted by molar-refractivity contribution is 5.67. The van der Waals surface area contributed by atoms with Crippen LogP contribution in [0.15, 0.2) is 0 Å². The van der Waals surface area contributed by atoms with Gasteiger partial charge in [-0.05, 0) is 12.3 Å². The van der Waals surface area contributed by atoms with Gasteiger partial charge in [0.25, 0.3) is 0 Å². The van der Waals surface area contributed by atoms with Gasteiger partial charge in [0.1, 0.15) is 0 Å². The molecule has 0 unspecified atom stereocenters. The molecule has 0 bridgehead atoms. The summed E-state index contributed by atoms with van der Waals surface area (Å²) in [6.07, 6.45) is 3.18. The van der Waals surface area contributed by atoms with Gasteiger partial charge < -0.3 is 10.8 Å². The molecule has 3 N–H and O–H groups in total. The monoisotopic (exact) mass is 173 g/mol.